The second-order valence-electron chi connectivity index (χ2n) is 5.30. The second-order valence-corrected chi connectivity index (χ2v) is 7.01. The van der Waals surface area contributed by atoms with Crippen molar-refractivity contribution >= 4 is 21.7 Å². The summed E-state index contributed by atoms with van der Waals surface area (Å²) in [4.78, 5) is 20.9. The van der Waals surface area contributed by atoms with Gasteiger partial charge in [0.1, 0.15) is 6.61 Å². The Balaban J connectivity index is 0.00000364. The van der Waals surface area contributed by atoms with Crippen LogP contribution in [-0.4, -0.2) is 25.9 Å². The van der Waals surface area contributed by atoms with Gasteiger partial charge in [-0.25, -0.2) is 13.1 Å². The number of rotatable bonds is 8. The van der Waals surface area contributed by atoms with Gasteiger partial charge in [-0.15, -0.1) is 0 Å². The van der Waals surface area contributed by atoms with Gasteiger partial charge in [-0.05, 0) is 30.7 Å². The average Bonchev–Trinajstić information content (AvgIpc) is 2.60. The molecule has 0 bridgehead atoms. The van der Waals surface area contributed by atoms with Crippen LogP contribution in [0.25, 0.3) is 0 Å². The number of sulfonamides is 1. The van der Waals surface area contributed by atoms with Gasteiger partial charge in [0.05, 0.1) is 15.8 Å². The first-order valence-electron chi connectivity index (χ1n) is 7.39. The molecule has 0 saturated heterocycles. The van der Waals surface area contributed by atoms with Gasteiger partial charge >= 0.3 is 35.2 Å². The minimum Gasteiger partial charge on any atom is -0.546 e. The number of aliphatic carboxylic acids is 1. The van der Waals surface area contributed by atoms with E-state index in [1.54, 1.807) is 18.2 Å². The molecule has 27 heavy (non-hydrogen) atoms. The zero-order valence-corrected chi connectivity index (χ0v) is 17.4. The zero-order valence-electron chi connectivity index (χ0n) is 14.6. The van der Waals surface area contributed by atoms with Gasteiger partial charge in [-0.2, -0.15) is 0 Å². The molecular formula is C16H15N2NaO7S. The van der Waals surface area contributed by atoms with Gasteiger partial charge in [-0.1, -0.05) is 24.3 Å². The maximum atomic E-state index is 12.3. The summed E-state index contributed by atoms with van der Waals surface area (Å²) < 4.78 is 31.9. The van der Waals surface area contributed by atoms with Crippen LogP contribution in [0.5, 0.6) is 5.75 Å². The summed E-state index contributed by atoms with van der Waals surface area (Å²) in [5.74, 6) is -1.77. The number of nitro benzene ring substituents is 1. The third-order valence-corrected chi connectivity index (χ3v) is 4.97. The number of carboxylic acids is 1. The van der Waals surface area contributed by atoms with Crippen molar-refractivity contribution in [1.29, 1.82) is 0 Å². The summed E-state index contributed by atoms with van der Waals surface area (Å²) in [6.07, 6.45) is 0. The summed E-state index contributed by atoms with van der Waals surface area (Å²) in [6, 6.07) is 10.7. The maximum absolute atomic E-state index is 12.3. The molecule has 0 amide bonds. The molecule has 138 valence electrons. The van der Waals surface area contributed by atoms with Crippen LogP contribution in [0.2, 0.25) is 0 Å². The normalized spacial score (nSPS) is 11.9. The molecule has 0 fully saturated rings. The first-order chi connectivity index (χ1) is 12.2. The number of carbonyl (C=O) groups excluding carboxylic acids is 1. The molecule has 0 aliphatic heterocycles. The second kappa shape index (κ2) is 9.81. The van der Waals surface area contributed by atoms with E-state index in [0.29, 0.717) is 5.56 Å². The number of ether oxygens (including phenoxy) is 1. The van der Waals surface area contributed by atoms with Gasteiger partial charge in [0.15, 0.2) is 5.75 Å². The van der Waals surface area contributed by atoms with E-state index in [0.717, 1.165) is 6.07 Å². The SMILES string of the molecule is CC(NS(=O)(=O)c1ccccc1)c1ccc(OCC(=O)[O-])c([N+](=O)[O-])c1.[Na+]. The van der Waals surface area contributed by atoms with Crippen LogP contribution in [0.3, 0.4) is 0 Å². The Bertz CT molecular complexity index is 920. The van der Waals surface area contributed by atoms with Crippen molar-refractivity contribution in [2.75, 3.05) is 6.61 Å². The molecule has 9 nitrogen and oxygen atoms in total. The number of carboxylic acid groups (broad SMARTS) is 1. The quantitative estimate of drug-likeness (QED) is 0.299. The van der Waals surface area contributed by atoms with Crippen LogP contribution in [0, 0.1) is 10.1 Å². The Morgan fingerprint density at radius 2 is 1.85 bits per heavy atom. The molecule has 2 aromatic carbocycles. The Hall–Kier alpha value is -1.98. The summed E-state index contributed by atoms with van der Waals surface area (Å²) in [7, 11) is -3.81. The average molecular weight is 402 g/mol. The number of nitro groups is 1. The van der Waals surface area contributed by atoms with Gasteiger partial charge in [0.2, 0.25) is 10.0 Å². The first kappa shape index (κ1) is 23.1. The predicted molar refractivity (Wildman–Crippen MR) is 88.8 cm³/mol. The Morgan fingerprint density at radius 1 is 1.22 bits per heavy atom. The van der Waals surface area contributed by atoms with Crippen LogP contribution >= 0.6 is 0 Å². The Kier molecular flexibility index (Phi) is 8.38. The molecule has 1 N–H and O–H groups in total. The van der Waals surface area contributed by atoms with Crippen LogP contribution in [0.4, 0.5) is 5.69 Å². The van der Waals surface area contributed by atoms with E-state index >= 15 is 0 Å². The fourth-order valence-corrected chi connectivity index (χ4v) is 3.43. The smallest absolute Gasteiger partial charge is 0.546 e. The van der Waals surface area contributed by atoms with Crippen molar-refractivity contribution in [2.24, 2.45) is 0 Å². The number of hydrogen-bond donors (Lipinski definition) is 1. The molecule has 0 aliphatic rings. The summed E-state index contributed by atoms with van der Waals surface area (Å²) in [5, 5.41) is 21.6. The molecule has 0 spiro atoms. The van der Waals surface area contributed by atoms with Crippen molar-refractivity contribution < 1.29 is 57.5 Å². The van der Waals surface area contributed by atoms with E-state index in [1.807, 2.05) is 0 Å². The van der Waals surface area contributed by atoms with Crippen molar-refractivity contribution in [3.8, 4) is 5.75 Å². The van der Waals surface area contributed by atoms with E-state index in [-0.39, 0.29) is 40.2 Å². The van der Waals surface area contributed by atoms with Crippen LogP contribution in [0.15, 0.2) is 53.4 Å². The molecule has 11 heteroatoms. The zero-order chi connectivity index (χ0) is 19.3. The van der Waals surface area contributed by atoms with E-state index in [9.17, 15) is 28.4 Å². The minimum atomic E-state index is -3.81. The Morgan fingerprint density at radius 3 is 2.41 bits per heavy atom. The summed E-state index contributed by atoms with van der Waals surface area (Å²) >= 11 is 0. The van der Waals surface area contributed by atoms with Crippen LogP contribution in [-0.2, 0) is 14.8 Å². The summed E-state index contributed by atoms with van der Waals surface area (Å²) in [6.45, 7) is 0.692. The van der Waals surface area contributed by atoms with Gasteiger partial charge in [-0.3, -0.25) is 10.1 Å². The van der Waals surface area contributed by atoms with Crippen molar-refractivity contribution in [2.45, 2.75) is 17.9 Å². The molecule has 0 aliphatic carbocycles. The maximum Gasteiger partial charge on any atom is 1.00 e. The molecule has 0 heterocycles. The monoisotopic (exact) mass is 402 g/mol. The number of nitrogens with one attached hydrogen (secondary N) is 1. The molecule has 1 unspecified atom stereocenters. The van der Waals surface area contributed by atoms with Gasteiger partial charge < -0.3 is 14.6 Å². The summed E-state index contributed by atoms with van der Waals surface area (Å²) in [5.41, 5.74) is -0.161. The van der Waals surface area contributed by atoms with E-state index < -0.39 is 39.3 Å². The molecule has 0 radical (unpaired) electrons. The molecule has 1 atom stereocenters. The predicted octanol–water partition coefficient (Wildman–Crippen LogP) is -2.23. The fraction of sp³-hybridized carbons (Fsp3) is 0.188. The van der Waals surface area contributed by atoms with Crippen LogP contribution < -0.4 is 44.1 Å². The molecule has 0 aromatic heterocycles. The van der Waals surface area contributed by atoms with Gasteiger partial charge in [0.25, 0.3) is 0 Å². The topological polar surface area (TPSA) is 139 Å². The minimum absolute atomic E-state index is 0. The van der Waals surface area contributed by atoms with E-state index in [1.165, 1.54) is 31.2 Å². The third-order valence-electron chi connectivity index (χ3n) is 3.41. The Labute approximate surface area is 177 Å². The number of nitrogens with zero attached hydrogens (tertiary/aromatic N) is 1. The first-order valence-corrected chi connectivity index (χ1v) is 8.87. The molecule has 2 rings (SSSR count). The van der Waals surface area contributed by atoms with E-state index in [2.05, 4.69) is 4.72 Å². The van der Waals surface area contributed by atoms with Crippen molar-refractivity contribution in [3.63, 3.8) is 0 Å². The van der Waals surface area contributed by atoms with Crippen molar-refractivity contribution in [3.05, 3.63) is 64.2 Å². The number of benzene rings is 2. The number of hydrogen-bond acceptors (Lipinski definition) is 7. The van der Waals surface area contributed by atoms with Gasteiger partial charge in [0, 0.05) is 12.1 Å². The number of carbonyl (C=O) groups is 1. The molecule has 0 saturated carbocycles. The standard InChI is InChI=1S/C16H16N2O7S.Na/c1-11(17-26(23,24)13-5-3-2-4-6-13)12-7-8-15(25-10-16(19)20)14(9-12)18(21)22;/h2-9,11,17H,10H2,1H3,(H,19,20);/q;+1/p-1. The van der Waals surface area contributed by atoms with Crippen molar-refractivity contribution in [1.82, 2.24) is 4.72 Å². The molecule has 2 aromatic rings. The largest absolute Gasteiger partial charge is 1.00 e. The van der Waals surface area contributed by atoms with E-state index in [4.69, 9.17) is 4.74 Å². The van der Waals surface area contributed by atoms with Crippen LogP contribution in [0.1, 0.15) is 18.5 Å². The molecular weight excluding hydrogens is 387 g/mol. The third kappa shape index (κ3) is 6.29. The fourth-order valence-electron chi connectivity index (χ4n) is 2.17.